The first-order valence-electron chi connectivity index (χ1n) is 7.20. The van der Waals surface area contributed by atoms with E-state index in [2.05, 4.69) is 0 Å². The molecule has 24 heavy (non-hydrogen) atoms. The van der Waals surface area contributed by atoms with E-state index in [1.54, 1.807) is 36.4 Å². The van der Waals surface area contributed by atoms with Crippen LogP contribution in [0.25, 0.3) is 0 Å². The van der Waals surface area contributed by atoms with Gasteiger partial charge >= 0.3 is 0 Å². The Balaban J connectivity index is 0.00000208. The lowest BCUT2D eigenvalue weighted by atomic mass is 10.2. The highest BCUT2D eigenvalue weighted by molar-refractivity contribution is 5.85. The van der Waals surface area contributed by atoms with Crippen LogP contribution in [0.5, 0.6) is 17.2 Å². The van der Waals surface area contributed by atoms with Crippen molar-refractivity contribution in [3.05, 3.63) is 84.2 Å². The van der Waals surface area contributed by atoms with Crippen LogP contribution < -0.4 is 15.2 Å². The highest BCUT2D eigenvalue weighted by Gasteiger charge is 2.02. The summed E-state index contributed by atoms with van der Waals surface area (Å²) in [5.74, 6) is 1.69. The Kier molecular flexibility index (Phi) is 6.04. The van der Waals surface area contributed by atoms with Gasteiger partial charge in [-0.1, -0.05) is 24.3 Å². The van der Waals surface area contributed by atoms with E-state index >= 15 is 0 Å². The first-order chi connectivity index (χ1) is 11.2. The second kappa shape index (κ2) is 8.22. The molecule has 0 saturated carbocycles. The van der Waals surface area contributed by atoms with Gasteiger partial charge in [0, 0.05) is 0 Å². The molecule has 3 nitrogen and oxygen atoms in total. The maximum absolute atomic E-state index is 13.1. The van der Waals surface area contributed by atoms with Gasteiger partial charge < -0.3 is 15.2 Å². The SMILES string of the molecule is Cl.Nc1ccccc1Oc1ccc(OCc2cccc(F)c2)cc1. The summed E-state index contributed by atoms with van der Waals surface area (Å²) in [7, 11) is 0. The minimum Gasteiger partial charge on any atom is -0.489 e. The van der Waals surface area contributed by atoms with E-state index in [1.165, 1.54) is 12.1 Å². The second-order valence-corrected chi connectivity index (χ2v) is 5.03. The van der Waals surface area contributed by atoms with Crippen molar-refractivity contribution in [2.24, 2.45) is 0 Å². The summed E-state index contributed by atoms with van der Waals surface area (Å²) in [5.41, 5.74) is 7.20. The fourth-order valence-corrected chi connectivity index (χ4v) is 2.10. The number of nitrogen functional groups attached to an aromatic ring is 1. The van der Waals surface area contributed by atoms with Gasteiger partial charge in [0.15, 0.2) is 0 Å². The van der Waals surface area contributed by atoms with E-state index in [9.17, 15) is 4.39 Å². The van der Waals surface area contributed by atoms with Gasteiger partial charge in [0.1, 0.15) is 29.7 Å². The quantitative estimate of drug-likeness (QED) is 0.646. The minimum atomic E-state index is -0.268. The fourth-order valence-electron chi connectivity index (χ4n) is 2.10. The van der Waals surface area contributed by atoms with Crippen LogP contribution >= 0.6 is 12.4 Å². The van der Waals surface area contributed by atoms with Gasteiger partial charge in [-0.15, -0.1) is 12.4 Å². The van der Waals surface area contributed by atoms with E-state index in [-0.39, 0.29) is 18.2 Å². The van der Waals surface area contributed by atoms with E-state index in [0.717, 1.165) is 5.56 Å². The molecule has 0 aliphatic carbocycles. The summed E-state index contributed by atoms with van der Waals surface area (Å²) in [5, 5.41) is 0. The lowest BCUT2D eigenvalue weighted by molar-refractivity contribution is 0.305. The topological polar surface area (TPSA) is 44.5 Å². The molecule has 3 aromatic carbocycles. The average molecular weight is 346 g/mol. The first kappa shape index (κ1) is 17.6. The molecule has 0 aliphatic rings. The van der Waals surface area contributed by atoms with Gasteiger partial charge in [-0.2, -0.15) is 0 Å². The first-order valence-corrected chi connectivity index (χ1v) is 7.20. The zero-order chi connectivity index (χ0) is 16.1. The summed E-state index contributed by atoms with van der Waals surface area (Å²) in [4.78, 5) is 0. The lowest BCUT2D eigenvalue weighted by Gasteiger charge is -2.10. The van der Waals surface area contributed by atoms with Gasteiger partial charge in [0.2, 0.25) is 0 Å². The zero-order valence-electron chi connectivity index (χ0n) is 12.8. The number of anilines is 1. The minimum absolute atomic E-state index is 0. The van der Waals surface area contributed by atoms with Crippen molar-refractivity contribution < 1.29 is 13.9 Å². The van der Waals surface area contributed by atoms with Crippen molar-refractivity contribution in [3.63, 3.8) is 0 Å². The molecule has 0 radical (unpaired) electrons. The molecule has 0 aromatic heterocycles. The van der Waals surface area contributed by atoms with Gasteiger partial charge in [-0.05, 0) is 54.1 Å². The Labute approximate surface area is 146 Å². The van der Waals surface area contributed by atoms with Crippen LogP contribution in [0.15, 0.2) is 72.8 Å². The van der Waals surface area contributed by atoms with Crippen molar-refractivity contribution >= 4 is 18.1 Å². The Morgan fingerprint density at radius 3 is 2.25 bits per heavy atom. The number of benzene rings is 3. The molecule has 0 saturated heterocycles. The van der Waals surface area contributed by atoms with Gasteiger partial charge in [-0.25, -0.2) is 4.39 Å². The zero-order valence-corrected chi connectivity index (χ0v) is 13.6. The van der Waals surface area contributed by atoms with Crippen LogP contribution in [0.4, 0.5) is 10.1 Å². The molecule has 0 bridgehead atoms. The summed E-state index contributed by atoms with van der Waals surface area (Å²) in [6.45, 7) is 0.309. The van der Waals surface area contributed by atoms with Crippen LogP contribution in [-0.4, -0.2) is 0 Å². The van der Waals surface area contributed by atoms with Crippen LogP contribution in [0.2, 0.25) is 0 Å². The predicted molar refractivity (Wildman–Crippen MR) is 95.4 cm³/mol. The number of halogens is 2. The largest absolute Gasteiger partial charge is 0.489 e. The fraction of sp³-hybridized carbons (Fsp3) is 0.0526. The van der Waals surface area contributed by atoms with Crippen molar-refractivity contribution in [1.82, 2.24) is 0 Å². The van der Waals surface area contributed by atoms with Crippen molar-refractivity contribution in [1.29, 1.82) is 0 Å². The number of para-hydroxylation sites is 2. The summed E-state index contributed by atoms with van der Waals surface area (Å²) >= 11 is 0. The predicted octanol–water partition coefficient (Wildman–Crippen LogP) is 5.20. The third-order valence-corrected chi connectivity index (χ3v) is 3.27. The monoisotopic (exact) mass is 345 g/mol. The Morgan fingerprint density at radius 2 is 1.54 bits per heavy atom. The van der Waals surface area contributed by atoms with E-state index in [1.807, 2.05) is 24.3 Å². The molecule has 0 atom stereocenters. The molecule has 3 rings (SSSR count). The molecular weight excluding hydrogens is 329 g/mol. The Hall–Kier alpha value is -2.72. The third kappa shape index (κ3) is 4.64. The van der Waals surface area contributed by atoms with Gasteiger partial charge in [0.05, 0.1) is 5.69 Å². The summed E-state index contributed by atoms with van der Waals surface area (Å²) < 4.78 is 24.4. The number of hydrogen-bond acceptors (Lipinski definition) is 3. The maximum Gasteiger partial charge on any atom is 0.150 e. The number of ether oxygens (including phenoxy) is 2. The molecule has 124 valence electrons. The van der Waals surface area contributed by atoms with Crippen LogP contribution in [-0.2, 0) is 6.61 Å². The van der Waals surface area contributed by atoms with E-state index in [0.29, 0.717) is 29.5 Å². The molecule has 2 N–H and O–H groups in total. The van der Waals surface area contributed by atoms with Crippen molar-refractivity contribution in [2.45, 2.75) is 6.61 Å². The highest BCUT2D eigenvalue weighted by atomic mass is 35.5. The Morgan fingerprint density at radius 1 is 0.833 bits per heavy atom. The second-order valence-electron chi connectivity index (χ2n) is 5.03. The molecular formula is C19H17ClFNO2. The standard InChI is InChI=1S/C19H16FNO2.ClH/c20-15-5-3-4-14(12-15)13-22-16-8-10-17(11-9-16)23-19-7-2-1-6-18(19)21;/h1-12H,13,21H2;1H. The molecule has 0 aliphatic heterocycles. The normalized spacial score (nSPS) is 9.88. The molecule has 0 spiro atoms. The van der Waals surface area contributed by atoms with Crippen molar-refractivity contribution in [3.8, 4) is 17.2 Å². The average Bonchev–Trinajstić information content (AvgIpc) is 2.56. The summed E-state index contributed by atoms with van der Waals surface area (Å²) in [6, 6.07) is 20.8. The van der Waals surface area contributed by atoms with E-state index in [4.69, 9.17) is 15.2 Å². The van der Waals surface area contributed by atoms with Crippen LogP contribution in [0.1, 0.15) is 5.56 Å². The molecule has 0 fully saturated rings. The lowest BCUT2D eigenvalue weighted by Crippen LogP contribution is -1.96. The molecule has 5 heteroatoms. The molecule has 0 amide bonds. The van der Waals surface area contributed by atoms with Gasteiger partial charge in [-0.3, -0.25) is 0 Å². The smallest absolute Gasteiger partial charge is 0.150 e. The van der Waals surface area contributed by atoms with Crippen LogP contribution in [0, 0.1) is 5.82 Å². The maximum atomic E-state index is 13.1. The Bertz CT molecular complexity index is 793. The highest BCUT2D eigenvalue weighted by Crippen LogP contribution is 2.28. The molecule has 0 heterocycles. The number of nitrogens with two attached hydrogens (primary N) is 1. The summed E-state index contributed by atoms with van der Waals surface area (Å²) in [6.07, 6.45) is 0. The van der Waals surface area contributed by atoms with Crippen molar-refractivity contribution in [2.75, 3.05) is 5.73 Å². The molecule has 0 unspecified atom stereocenters. The van der Waals surface area contributed by atoms with Crippen LogP contribution in [0.3, 0.4) is 0 Å². The van der Waals surface area contributed by atoms with Gasteiger partial charge in [0.25, 0.3) is 0 Å². The number of hydrogen-bond donors (Lipinski definition) is 1. The van der Waals surface area contributed by atoms with E-state index < -0.39 is 0 Å². The number of rotatable bonds is 5. The third-order valence-electron chi connectivity index (χ3n) is 3.27. The molecule has 3 aromatic rings.